The fourth-order valence-electron chi connectivity index (χ4n) is 1.67. The van der Waals surface area contributed by atoms with Gasteiger partial charge in [-0.25, -0.2) is 0 Å². The van der Waals surface area contributed by atoms with Gasteiger partial charge < -0.3 is 4.90 Å². The molecule has 1 aromatic carbocycles. The van der Waals surface area contributed by atoms with Crippen LogP contribution in [0.15, 0.2) is 24.3 Å². The Labute approximate surface area is 106 Å². The fraction of sp³-hybridized carbons (Fsp3) is 0.462. The number of hydrogen-bond donors (Lipinski definition) is 0. The van der Waals surface area contributed by atoms with Crippen molar-refractivity contribution < 1.29 is 0 Å². The van der Waals surface area contributed by atoms with Gasteiger partial charge in [0.25, 0.3) is 0 Å². The van der Waals surface area contributed by atoms with E-state index in [0.29, 0.717) is 0 Å². The van der Waals surface area contributed by atoms with Gasteiger partial charge in [0, 0.05) is 18.9 Å². The second-order valence-electron chi connectivity index (χ2n) is 4.78. The molecule has 0 spiro atoms. The molecule has 0 N–H and O–H groups in total. The largest absolute Gasteiger partial charge is 0.373 e. The topological polar surface area (TPSA) is 27.0 Å². The molecule has 0 aliphatic carbocycles. The van der Waals surface area contributed by atoms with Gasteiger partial charge in [-0.15, -0.1) is 0 Å². The molecule has 0 saturated carbocycles. The van der Waals surface area contributed by atoms with Gasteiger partial charge in [-0.3, -0.25) is 0 Å². The summed E-state index contributed by atoms with van der Waals surface area (Å²) >= 11 is 3.52. The molecule has 0 aliphatic rings. The van der Waals surface area contributed by atoms with Gasteiger partial charge in [0.05, 0.1) is 11.3 Å². The molecule has 0 unspecified atom stereocenters. The molecule has 0 aromatic heterocycles. The maximum atomic E-state index is 9.04. The van der Waals surface area contributed by atoms with Gasteiger partial charge in [-0.2, -0.15) is 5.26 Å². The predicted molar refractivity (Wildman–Crippen MR) is 72.0 cm³/mol. The number of alkyl halides is 1. The van der Waals surface area contributed by atoms with Crippen LogP contribution in [0.4, 0.5) is 5.69 Å². The maximum Gasteiger partial charge on any atom is 0.101 e. The Morgan fingerprint density at radius 2 is 2.00 bits per heavy atom. The summed E-state index contributed by atoms with van der Waals surface area (Å²) < 4.78 is 0. The van der Waals surface area contributed by atoms with Crippen molar-refractivity contribution in [2.24, 2.45) is 5.41 Å². The molecule has 0 radical (unpaired) electrons. The average Bonchev–Trinajstić information content (AvgIpc) is 2.28. The van der Waals surface area contributed by atoms with E-state index in [1.54, 1.807) is 0 Å². The van der Waals surface area contributed by atoms with Crippen molar-refractivity contribution in [1.82, 2.24) is 0 Å². The number of rotatable bonds is 4. The highest BCUT2D eigenvalue weighted by Gasteiger charge is 2.19. The van der Waals surface area contributed by atoms with Gasteiger partial charge in [-0.05, 0) is 17.5 Å². The molecule has 0 fully saturated rings. The van der Waals surface area contributed by atoms with Crippen molar-refractivity contribution in [2.45, 2.75) is 13.8 Å². The molecule has 0 saturated heterocycles. The third kappa shape index (κ3) is 3.24. The zero-order chi connectivity index (χ0) is 12.2. The van der Waals surface area contributed by atoms with Gasteiger partial charge in [0.2, 0.25) is 0 Å². The molecule has 86 valence electrons. The Morgan fingerprint density at radius 3 is 2.56 bits per heavy atom. The second-order valence-corrected chi connectivity index (χ2v) is 5.34. The number of nitrogens with zero attached hydrogens (tertiary/aromatic N) is 2. The summed E-state index contributed by atoms with van der Waals surface area (Å²) in [6.45, 7) is 5.32. The van der Waals surface area contributed by atoms with Crippen molar-refractivity contribution >= 4 is 21.6 Å². The second kappa shape index (κ2) is 5.36. The molecular formula is C13H17BrN2. The number of anilines is 1. The van der Waals surface area contributed by atoms with Crippen LogP contribution in [-0.2, 0) is 0 Å². The highest BCUT2D eigenvalue weighted by Crippen LogP contribution is 2.24. The Hall–Kier alpha value is -1.01. The maximum absolute atomic E-state index is 9.04. The fourth-order valence-corrected chi connectivity index (χ4v) is 1.85. The summed E-state index contributed by atoms with van der Waals surface area (Å²) in [5.41, 5.74) is 1.92. The minimum absolute atomic E-state index is 0.192. The summed E-state index contributed by atoms with van der Waals surface area (Å²) in [5.74, 6) is 0. The molecule has 3 heteroatoms. The van der Waals surface area contributed by atoms with Gasteiger partial charge in [0.15, 0.2) is 0 Å². The van der Waals surface area contributed by atoms with Crippen LogP contribution in [0.2, 0.25) is 0 Å². The monoisotopic (exact) mass is 280 g/mol. The number of para-hydroxylation sites is 1. The first-order valence-corrected chi connectivity index (χ1v) is 6.38. The van der Waals surface area contributed by atoms with Crippen LogP contribution in [0.3, 0.4) is 0 Å². The third-order valence-electron chi connectivity index (χ3n) is 2.46. The first kappa shape index (κ1) is 13.1. The van der Waals surface area contributed by atoms with Crippen LogP contribution in [0, 0.1) is 16.7 Å². The quantitative estimate of drug-likeness (QED) is 0.791. The van der Waals surface area contributed by atoms with E-state index in [4.69, 9.17) is 5.26 Å². The summed E-state index contributed by atoms with van der Waals surface area (Å²) in [6.07, 6.45) is 0. The minimum atomic E-state index is 0.192. The first-order valence-electron chi connectivity index (χ1n) is 5.26. The molecule has 0 aliphatic heterocycles. The van der Waals surface area contributed by atoms with Gasteiger partial charge >= 0.3 is 0 Å². The average molecular weight is 281 g/mol. The van der Waals surface area contributed by atoms with Crippen LogP contribution >= 0.6 is 15.9 Å². The van der Waals surface area contributed by atoms with E-state index >= 15 is 0 Å². The molecule has 0 atom stereocenters. The van der Waals surface area contributed by atoms with E-state index in [-0.39, 0.29) is 5.41 Å². The number of benzene rings is 1. The van der Waals surface area contributed by atoms with Crippen LogP contribution < -0.4 is 4.90 Å². The van der Waals surface area contributed by atoms with E-state index in [9.17, 15) is 0 Å². The van der Waals surface area contributed by atoms with Gasteiger partial charge in [0.1, 0.15) is 6.07 Å². The molecule has 0 amide bonds. The van der Waals surface area contributed by atoms with Crippen LogP contribution in [0.1, 0.15) is 19.4 Å². The number of hydrogen-bond acceptors (Lipinski definition) is 2. The molecule has 0 heterocycles. The SMILES string of the molecule is CN(CC(C)(C)CBr)c1ccccc1C#N. The van der Waals surface area contributed by atoms with E-state index in [1.807, 2.05) is 31.3 Å². The molecule has 0 bridgehead atoms. The van der Waals surface area contributed by atoms with Crippen molar-refractivity contribution in [3.63, 3.8) is 0 Å². The van der Waals surface area contributed by atoms with Crippen LogP contribution in [-0.4, -0.2) is 18.9 Å². The lowest BCUT2D eigenvalue weighted by atomic mass is 9.95. The highest BCUT2D eigenvalue weighted by molar-refractivity contribution is 9.09. The lowest BCUT2D eigenvalue weighted by Gasteiger charge is -2.30. The van der Waals surface area contributed by atoms with Crippen molar-refractivity contribution in [3.8, 4) is 6.07 Å². The Morgan fingerprint density at radius 1 is 1.38 bits per heavy atom. The lowest BCUT2D eigenvalue weighted by Crippen LogP contribution is -2.32. The van der Waals surface area contributed by atoms with Crippen molar-refractivity contribution in [2.75, 3.05) is 23.8 Å². The van der Waals surface area contributed by atoms with E-state index in [0.717, 1.165) is 23.1 Å². The van der Waals surface area contributed by atoms with E-state index < -0.39 is 0 Å². The van der Waals surface area contributed by atoms with Crippen LogP contribution in [0.5, 0.6) is 0 Å². The normalized spacial score (nSPS) is 10.9. The Balaban J connectivity index is 2.89. The third-order valence-corrected chi connectivity index (χ3v) is 3.98. The van der Waals surface area contributed by atoms with Gasteiger partial charge in [-0.1, -0.05) is 41.9 Å². The molecule has 16 heavy (non-hydrogen) atoms. The minimum Gasteiger partial charge on any atom is -0.373 e. The Bertz CT molecular complexity index is 393. The number of nitriles is 1. The standard InChI is InChI=1S/C13H17BrN2/c1-13(2,9-14)10-16(3)12-7-5-4-6-11(12)8-15/h4-7H,9-10H2,1-3H3. The summed E-state index contributed by atoms with van der Waals surface area (Å²) in [7, 11) is 2.03. The zero-order valence-corrected chi connectivity index (χ0v) is 11.6. The molecule has 1 aromatic rings. The van der Waals surface area contributed by atoms with E-state index in [2.05, 4.69) is 40.7 Å². The summed E-state index contributed by atoms with van der Waals surface area (Å²) in [4.78, 5) is 2.14. The molecule has 2 nitrogen and oxygen atoms in total. The smallest absolute Gasteiger partial charge is 0.101 e. The molecular weight excluding hydrogens is 264 g/mol. The zero-order valence-electron chi connectivity index (χ0n) is 10.00. The molecule has 1 rings (SSSR count). The van der Waals surface area contributed by atoms with Crippen molar-refractivity contribution in [1.29, 1.82) is 5.26 Å². The number of halogens is 1. The first-order chi connectivity index (χ1) is 7.50. The highest BCUT2D eigenvalue weighted by atomic mass is 79.9. The summed E-state index contributed by atoms with van der Waals surface area (Å²) in [5, 5.41) is 9.98. The van der Waals surface area contributed by atoms with Crippen molar-refractivity contribution in [3.05, 3.63) is 29.8 Å². The van der Waals surface area contributed by atoms with Crippen LogP contribution in [0.25, 0.3) is 0 Å². The Kier molecular flexibility index (Phi) is 4.37. The lowest BCUT2D eigenvalue weighted by molar-refractivity contribution is 0.432. The predicted octanol–water partition coefficient (Wildman–Crippen LogP) is 3.42. The van der Waals surface area contributed by atoms with E-state index in [1.165, 1.54) is 0 Å². The summed E-state index contributed by atoms with van der Waals surface area (Å²) in [6, 6.07) is 9.93.